The van der Waals surface area contributed by atoms with Gasteiger partial charge < -0.3 is 5.32 Å². The molecule has 1 heterocycles. The lowest BCUT2D eigenvalue weighted by Crippen LogP contribution is -2.25. The Kier molecular flexibility index (Phi) is 6.09. The van der Waals surface area contributed by atoms with Crippen molar-refractivity contribution in [2.45, 2.75) is 25.7 Å². The maximum Gasteiger partial charge on any atom is 0.220 e. The number of ketones is 1. The van der Waals surface area contributed by atoms with Crippen LogP contribution in [0.15, 0.2) is 41.2 Å². The van der Waals surface area contributed by atoms with Gasteiger partial charge in [-0.3, -0.25) is 9.59 Å². The molecule has 0 aliphatic rings. The van der Waals surface area contributed by atoms with Gasteiger partial charge in [-0.2, -0.15) is 0 Å². The molecular weight excluding hydrogens is 284 g/mol. The van der Waals surface area contributed by atoms with Crippen molar-refractivity contribution in [3.8, 4) is 0 Å². The molecule has 2 rings (SSSR count). The lowest BCUT2D eigenvalue weighted by molar-refractivity contribution is -0.121. The third-order valence-electron chi connectivity index (χ3n) is 3.09. The zero-order valence-corrected chi connectivity index (χ0v) is 12.6. The predicted molar refractivity (Wildman–Crippen MR) is 83.5 cm³/mol. The zero-order chi connectivity index (χ0) is 14.9. The number of nitrogens with zero attached hydrogens (tertiary/aromatic N) is 1. The molecule has 4 nitrogen and oxygen atoms in total. The van der Waals surface area contributed by atoms with Gasteiger partial charge in [0.05, 0.1) is 11.2 Å². The van der Waals surface area contributed by atoms with Crippen LogP contribution in [0.3, 0.4) is 0 Å². The minimum atomic E-state index is -0.00825. The summed E-state index contributed by atoms with van der Waals surface area (Å²) in [6, 6.07) is 9.18. The summed E-state index contributed by atoms with van der Waals surface area (Å²) in [5.41, 5.74) is 3.49. The van der Waals surface area contributed by atoms with Gasteiger partial charge in [0.25, 0.3) is 0 Å². The van der Waals surface area contributed by atoms with Crippen LogP contribution in [0.2, 0.25) is 0 Å². The number of hydrogen-bond donors (Lipinski definition) is 1. The van der Waals surface area contributed by atoms with Crippen LogP contribution in [0.5, 0.6) is 0 Å². The van der Waals surface area contributed by atoms with Crippen molar-refractivity contribution in [3.05, 3.63) is 52.5 Å². The fourth-order valence-electron chi connectivity index (χ4n) is 1.96. The second-order valence-electron chi connectivity index (χ2n) is 4.72. The molecule has 5 heteroatoms. The SMILES string of the molecule is O=C(CCCC(=O)c1ccccc1)NCCc1cscn1. The molecule has 0 aliphatic carbocycles. The van der Waals surface area contributed by atoms with E-state index in [1.54, 1.807) is 29.0 Å². The summed E-state index contributed by atoms with van der Waals surface area (Å²) in [4.78, 5) is 27.7. The predicted octanol–water partition coefficient (Wildman–Crippen LogP) is 2.86. The van der Waals surface area contributed by atoms with Crippen LogP contribution in [0.4, 0.5) is 0 Å². The first-order valence-electron chi connectivity index (χ1n) is 6.98. The molecule has 0 saturated heterocycles. The fraction of sp³-hybridized carbons (Fsp3) is 0.312. The van der Waals surface area contributed by atoms with Crippen molar-refractivity contribution in [2.75, 3.05) is 6.54 Å². The largest absolute Gasteiger partial charge is 0.356 e. The van der Waals surface area contributed by atoms with E-state index >= 15 is 0 Å². The first kappa shape index (κ1) is 15.4. The average molecular weight is 302 g/mol. The van der Waals surface area contributed by atoms with E-state index in [1.165, 1.54) is 0 Å². The molecule has 0 unspecified atom stereocenters. The summed E-state index contributed by atoms with van der Waals surface area (Å²) < 4.78 is 0. The number of hydrogen-bond acceptors (Lipinski definition) is 4. The lowest BCUT2D eigenvalue weighted by atomic mass is 10.1. The van der Waals surface area contributed by atoms with Crippen molar-refractivity contribution in [1.82, 2.24) is 10.3 Å². The summed E-state index contributed by atoms with van der Waals surface area (Å²) in [5.74, 6) is 0.0805. The van der Waals surface area contributed by atoms with Gasteiger partial charge in [-0.15, -0.1) is 11.3 Å². The van der Waals surface area contributed by atoms with E-state index in [9.17, 15) is 9.59 Å². The van der Waals surface area contributed by atoms with E-state index in [4.69, 9.17) is 0 Å². The van der Waals surface area contributed by atoms with Crippen LogP contribution >= 0.6 is 11.3 Å². The van der Waals surface area contributed by atoms with Crippen molar-refractivity contribution >= 4 is 23.0 Å². The number of nitrogens with one attached hydrogen (secondary N) is 1. The highest BCUT2D eigenvalue weighted by atomic mass is 32.1. The molecule has 0 bridgehead atoms. The summed E-state index contributed by atoms with van der Waals surface area (Å²) in [6.07, 6.45) is 2.12. The molecule has 110 valence electrons. The summed E-state index contributed by atoms with van der Waals surface area (Å²) >= 11 is 1.55. The topological polar surface area (TPSA) is 59.1 Å². The van der Waals surface area contributed by atoms with Gasteiger partial charge in [-0.25, -0.2) is 4.98 Å². The minimum Gasteiger partial charge on any atom is -0.356 e. The first-order chi connectivity index (χ1) is 10.3. The molecular formula is C16H18N2O2S. The van der Waals surface area contributed by atoms with Crippen LogP contribution in [0, 0.1) is 0 Å². The molecule has 0 aliphatic heterocycles. The quantitative estimate of drug-likeness (QED) is 0.763. The second kappa shape index (κ2) is 8.32. The number of carbonyl (C=O) groups excluding carboxylic acids is 2. The Bertz CT molecular complexity index is 567. The van der Waals surface area contributed by atoms with Crippen molar-refractivity contribution < 1.29 is 9.59 Å². The molecule has 1 aromatic heterocycles. The number of thiazole rings is 1. The van der Waals surface area contributed by atoms with E-state index in [-0.39, 0.29) is 11.7 Å². The van der Waals surface area contributed by atoms with Crippen molar-refractivity contribution in [1.29, 1.82) is 0 Å². The maximum atomic E-state index is 11.9. The monoisotopic (exact) mass is 302 g/mol. The van der Waals surface area contributed by atoms with Gasteiger partial charge in [0.1, 0.15) is 0 Å². The van der Waals surface area contributed by atoms with E-state index in [0.717, 1.165) is 12.1 Å². The van der Waals surface area contributed by atoms with Crippen LogP contribution < -0.4 is 5.32 Å². The number of rotatable bonds is 8. The van der Waals surface area contributed by atoms with E-state index in [2.05, 4.69) is 10.3 Å². The second-order valence-corrected chi connectivity index (χ2v) is 5.44. The third kappa shape index (κ3) is 5.47. The van der Waals surface area contributed by atoms with Crippen LogP contribution in [0.1, 0.15) is 35.3 Å². The molecule has 0 spiro atoms. The zero-order valence-electron chi connectivity index (χ0n) is 11.7. The molecule has 1 N–H and O–H groups in total. The maximum absolute atomic E-state index is 11.9. The Hall–Kier alpha value is -2.01. The van der Waals surface area contributed by atoms with Gasteiger partial charge in [-0.05, 0) is 6.42 Å². The first-order valence-corrected chi connectivity index (χ1v) is 7.92. The molecule has 1 amide bonds. The summed E-state index contributed by atoms with van der Waals surface area (Å²) in [7, 11) is 0. The number of aromatic nitrogens is 1. The highest BCUT2D eigenvalue weighted by Crippen LogP contribution is 2.06. The smallest absolute Gasteiger partial charge is 0.220 e. The van der Waals surface area contributed by atoms with Crippen LogP contribution in [0.25, 0.3) is 0 Å². The molecule has 21 heavy (non-hydrogen) atoms. The summed E-state index contributed by atoms with van der Waals surface area (Å²) in [5, 5.41) is 4.83. The van der Waals surface area contributed by atoms with Gasteiger partial charge in [0.15, 0.2) is 5.78 Å². The van der Waals surface area contributed by atoms with Gasteiger partial charge >= 0.3 is 0 Å². The van der Waals surface area contributed by atoms with Gasteiger partial charge in [0.2, 0.25) is 5.91 Å². The Morgan fingerprint density at radius 2 is 1.95 bits per heavy atom. The highest BCUT2D eigenvalue weighted by Gasteiger charge is 2.07. The minimum absolute atomic E-state index is 0.00825. The number of amides is 1. The van der Waals surface area contributed by atoms with E-state index in [0.29, 0.717) is 31.4 Å². The number of carbonyl (C=O) groups is 2. The standard InChI is InChI=1S/C16H18N2O2S/c19-15(13-5-2-1-3-6-13)7-4-8-16(20)17-10-9-14-11-21-12-18-14/h1-3,5-6,11-12H,4,7-10H2,(H,17,20). The van der Waals surface area contributed by atoms with Gasteiger partial charge in [-0.1, -0.05) is 30.3 Å². The van der Waals surface area contributed by atoms with E-state index < -0.39 is 0 Å². The number of Topliss-reactive ketones (excluding diaryl/α,β-unsaturated/α-hetero) is 1. The molecule has 1 aromatic carbocycles. The van der Waals surface area contributed by atoms with Crippen LogP contribution in [-0.2, 0) is 11.2 Å². The average Bonchev–Trinajstić information content (AvgIpc) is 3.01. The molecule has 2 aromatic rings. The Balaban J connectivity index is 1.60. The Morgan fingerprint density at radius 3 is 2.67 bits per heavy atom. The van der Waals surface area contributed by atoms with E-state index in [1.807, 2.05) is 23.6 Å². The fourth-order valence-corrected chi connectivity index (χ4v) is 2.55. The Morgan fingerprint density at radius 1 is 1.14 bits per heavy atom. The normalized spacial score (nSPS) is 10.3. The van der Waals surface area contributed by atoms with Crippen molar-refractivity contribution in [3.63, 3.8) is 0 Å². The molecule has 0 atom stereocenters. The number of benzene rings is 1. The van der Waals surface area contributed by atoms with Crippen molar-refractivity contribution in [2.24, 2.45) is 0 Å². The molecule has 0 saturated carbocycles. The molecule has 0 fully saturated rings. The summed E-state index contributed by atoms with van der Waals surface area (Å²) in [6.45, 7) is 0.592. The lowest BCUT2D eigenvalue weighted by Gasteiger charge is -2.04. The third-order valence-corrected chi connectivity index (χ3v) is 3.73. The van der Waals surface area contributed by atoms with Crippen LogP contribution in [-0.4, -0.2) is 23.2 Å². The Labute approximate surface area is 128 Å². The highest BCUT2D eigenvalue weighted by molar-refractivity contribution is 7.07. The van der Waals surface area contributed by atoms with Gasteiger partial charge in [0, 0.05) is 36.8 Å². The molecule has 0 radical (unpaired) electrons.